The van der Waals surface area contributed by atoms with Gasteiger partial charge in [0.05, 0.1) is 5.02 Å². The SMILES string of the molecule is NCc1ncoc1-c1ccc(I)c(Cl)c1. The molecular weight excluding hydrogens is 326 g/mol. The van der Waals surface area contributed by atoms with E-state index in [0.717, 1.165) is 14.8 Å². The third-order valence-electron chi connectivity index (χ3n) is 2.02. The summed E-state index contributed by atoms with van der Waals surface area (Å²) in [5, 5.41) is 0.701. The first kappa shape index (κ1) is 10.9. The van der Waals surface area contributed by atoms with Gasteiger partial charge in [-0.25, -0.2) is 4.98 Å². The molecule has 0 aliphatic heterocycles. The zero-order valence-electron chi connectivity index (χ0n) is 7.71. The van der Waals surface area contributed by atoms with Crippen molar-refractivity contribution in [1.82, 2.24) is 4.98 Å². The predicted octanol–water partition coefficient (Wildman–Crippen LogP) is 3.06. The molecule has 0 spiro atoms. The second-order valence-electron chi connectivity index (χ2n) is 2.96. The summed E-state index contributed by atoms with van der Waals surface area (Å²) in [6, 6.07) is 5.72. The van der Waals surface area contributed by atoms with Gasteiger partial charge in [-0.1, -0.05) is 17.7 Å². The van der Waals surface area contributed by atoms with Crippen molar-refractivity contribution >= 4 is 34.2 Å². The summed E-state index contributed by atoms with van der Waals surface area (Å²) in [7, 11) is 0. The first-order valence-electron chi connectivity index (χ1n) is 4.30. The van der Waals surface area contributed by atoms with Crippen LogP contribution < -0.4 is 5.73 Å². The molecule has 0 saturated carbocycles. The fraction of sp³-hybridized carbons (Fsp3) is 0.100. The summed E-state index contributed by atoms with van der Waals surface area (Å²) < 4.78 is 6.29. The van der Waals surface area contributed by atoms with E-state index in [1.54, 1.807) is 0 Å². The van der Waals surface area contributed by atoms with Crippen molar-refractivity contribution in [2.75, 3.05) is 0 Å². The molecule has 78 valence electrons. The van der Waals surface area contributed by atoms with Crippen molar-refractivity contribution in [2.45, 2.75) is 6.54 Å². The normalized spacial score (nSPS) is 10.6. The van der Waals surface area contributed by atoms with Gasteiger partial charge < -0.3 is 10.2 Å². The van der Waals surface area contributed by atoms with Crippen molar-refractivity contribution in [3.05, 3.63) is 38.9 Å². The number of rotatable bonds is 2. The summed E-state index contributed by atoms with van der Waals surface area (Å²) in [5.41, 5.74) is 7.19. The van der Waals surface area contributed by atoms with E-state index in [9.17, 15) is 0 Å². The lowest BCUT2D eigenvalue weighted by molar-refractivity contribution is 0.571. The molecule has 1 heterocycles. The Morgan fingerprint density at radius 2 is 2.27 bits per heavy atom. The van der Waals surface area contributed by atoms with Gasteiger partial charge in [-0.05, 0) is 34.7 Å². The fourth-order valence-corrected chi connectivity index (χ4v) is 1.80. The number of nitrogens with two attached hydrogens (primary N) is 1. The minimum Gasteiger partial charge on any atom is -0.443 e. The van der Waals surface area contributed by atoms with E-state index >= 15 is 0 Å². The van der Waals surface area contributed by atoms with Gasteiger partial charge in [-0.15, -0.1) is 0 Å². The lowest BCUT2D eigenvalue weighted by atomic mass is 10.1. The van der Waals surface area contributed by atoms with Gasteiger partial charge >= 0.3 is 0 Å². The van der Waals surface area contributed by atoms with Crippen LogP contribution in [0.15, 0.2) is 29.0 Å². The minimum atomic E-state index is 0.357. The molecule has 1 aromatic heterocycles. The van der Waals surface area contributed by atoms with Crippen LogP contribution in [0.3, 0.4) is 0 Å². The van der Waals surface area contributed by atoms with E-state index in [2.05, 4.69) is 27.6 Å². The molecule has 0 fully saturated rings. The van der Waals surface area contributed by atoms with Gasteiger partial charge in [0.15, 0.2) is 12.2 Å². The molecule has 0 aliphatic carbocycles. The van der Waals surface area contributed by atoms with Crippen LogP contribution in [0.25, 0.3) is 11.3 Å². The molecule has 0 atom stereocenters. The Labute approximate surface area is 106 Å². The van der Waals surface area contributed by atoms with Crippen LogP contribution in [0.1, 0.15) is 5.69 Å². The van der Waals surface area contributed by atoms with Crippen LogP contribution in [-0.2, 0) is 6.54 Å². The second-order valence-corrected chi connectivity index (χ2v) is 4.53. The highest BCUT2D eigenvalue weighted by Gasteiger charge is 2.10. The first-order chi connectivity index (χ1) is 7.22. The quantitative estimate of drug-likeness (QED) is 0.859. The Morgan fingerprint density at radius 3 is 2.93 bits per heavy atom. The van der Waals surface area contributed by atoms with Crippen LogP contribution in [0.2, 0.25) is 5.02 Å². The zero-order chi connectivity index (χ0) is 10.8. The van der Waals surface area contributed by atoms with Gasteiger partial charge in [0.2, 0.25) is 0 Å². The largest absolute Gasteiger partial charge is 0.443 e. The van der Waals surface area contributed by atoms with Crippen LogP contribution in [-0.4, -0.2) is 4.98 Å². The molecule has 0 saturated heterocycles. The summed E-state index contributed by atoms with van der Waals surface area (Å²) in [6.07, 6.45) is 1.39. The number of halogens is 2. The van der Waals surface area contributed by atoms with E-state index in [1.807, 2.05) is 18.2 Å². The average molecular weight is 335 g/mol. The number of aromatic nitrogens is 1. The highest BCUT2D eigenvalue weighted by Crippen LogP contribution is 2.28. The molecule has 5 heteroatoms. The van der Waals surface area contributed by atoms with Crippen LogP contribution in [0.5, 0.6) is 0 Å². The lowest BCUT2D eigenvalue weighted by Crippen LogP contribution is -1.98. The summed E-state index contributed by atoms with van der Waals surface area (Å²) >= 11 is 8.20. The van der Waals surface area contributed by atoms with Crippen LogP contribution in [0.4, 0.5) is 0 Å². The predicted molar refractivity (Wildman–Crippen MR) is 67.6 cm³/mol. The van der Waals surface area contributed by atoms with Crippen LogP contribution >= 0.6 is 34.2 Å². The van der Waals surface area contributed by atoms with Crippen LogP contribution in [0, 0.1) is 3.57 Å². The second kappa shape index (κ2) is 4.51. The Balaban J connectivity index is 2.50. The topological polar surface area (TPSA) is 52.0 Å². The molecule has 0 radical (unpaired) electrons. The van der Waals surface area contributed by atoms with E-state index in [-0.39, 0.29) is 0 Å². The van der Waals surface area contributed by atoms with Crippen molar-refractivity contribution in [3.8, 4) is 11.3 Å². The van der Waals surface area contributed by atoms with Gasteiger partial charge in [0.25, 0.3) is 0 Å². The highest BCUT2D eigenvalue weighted by atomic mass is 127. The number of oxazole rings is 1. The molecule has 0 bridgehead atoms. The summed E-state index contributed by atoms with van der Waals surface area (Å²) in [6.45, 7) is 0.357. The molecule has 2 rings (SSSR count). The Morgan fingerprint density at radius 1 is 1.47 bits per heavy atom. The lowest BCUT2D eigenvalue weighted by Gasteiger charge is -2.01. The summed E-state index contributed by atoms with van der Waals surface area (Å²) in [4.78, 5) is 4.03. The molecule has 3 nitrogen and oxygen atoms in total. The average Bonchev–Trinajstić information content (AvgIpc) is 2.70. The van der Waals surface area contributed by atoms with E-state index in [0.29, 0.717) is 17.3 Å². The number of hydrogen-bond acceptors (Lipinski definition) is 3. The molecule has 0 aliphatic rings. The number of hydrogen-bond donors (Lipinski definition) is 1. The Bertz CT molecular complexity index is 484. The number of benzene rings is 1. The third-order valence-corrected chi connectivity index (χ3v) is 3.59. The van der Waals surface area contributed by atoms with E-state index < -0.39 is 0 Å². The van der Waals surface area contributed by atoms with Crippen molar-refractivity contribution in [3.63, 3.8) is 0 Å². The zero-order valence-corrected chi connectivity index (χ0v) is 10.6. The van der Waals surface area contributed by atoms with Gasteiger partial charge in [0, 0.05) is 15.7 Å². The molecular formula is C10H8ClIN2O. The molecule has 2 N–H and O–H groups in total. The molecule has 1 aromatic carbocycles. The first-order valence-corrected chi connectivity index (χ1v) is 5.76. The minimum absolute atomic E-state index is 0.357. The third kappa shape index (κ3) is 2.16. The Hall–Kier alpha value is -0.590. The molecule has 15 heavy (non-hydrogen) atoms. The van der Waals surface area contributed by atoms with Crippen molar-refractivity contribution in [2.24, 2.45) is 5.73 Å². The fourth-order valence-electron chi connectivity index (χ4n) is 1.29. The van der Waals surface area contributed by atoms with Crippen molar-refractivity contribution < 1.29 is 4.42 Å². The monoisotopic (exact) mass is 334 g/mol. The molecule has 2 aromatic rings. The van der Waals surface area contributed by atoms with Crippen molar-refractivity contribution in [1.29, 1.82) is 0 Å². The smallest absolute Gasteiger partial charge is 0.181 e. The maximum Gasteiger partial charge on any atom is 0.181 e. The van der Waals surface area contributed by atoms with Gasteiger partial charge in [0.1, 0.15) is 5.69 Å². The van der Waals surface area contributed by atoms with E-state index in [4.69, 9.17) is 21.8 Å². The standard InChI is InChI=1S/C10H8ClIN2O/c11-7-3-6(1-2-8(7)12)10-9(4-13)14-5-15-10/h1-3,5H,4,13H2. The number of nitrogens with zero attached hydrogens (tertiary/aromatic N) is 1. The molecule has 0 amide bonds. The molecule has 0 unspecified atom stereocenters. The highest BCUT2D eigenvalue weighted by molar-refractivity contribution is 14.1. The van der Waals surface area contributed by atoms with E-state index in [1.165, 1.54) is 6.39 Å². The Kier molecular flexibility index (Phi) is 3.28. The maximum absolute atomic E-state index is 6.03. The van der Waals surface area contributed by atoms with Gasteiger partial charge in [-0.3, -0.25) is 0 Å². The maximum atomic E-state index is 6.03. The van der Waals surface area contributed by atoms with Gasteiger partial charge in [-0.2, -0.15) is 0 Å². The summed E-state index contributed by atoms with van der Waals surface area (Å²) in [5.74, 6) is 0.691.